The Hall–Kier alpha value is -2.22. The van der Waals surface area contributed by atoms with Crippen LogP contribution >= 0.6 is 0 Å². The minimum atomic E-state index is -0.0276. The summed E-state index contributed by atoms with van der Waals surface area (Å²) in [6.07, 6.45) is 4.11. The lowest BCUT2D eigenvalue weighted by molar-refractivity contribution is 0.250. The van der Waals surface area contributed by atoms with Crippen molar-refractivity contribution in [2.24, 2.45) is 0 Å². The third-order valence-electron chi connectivity index (χ3n) is 3.34. The maximum atomic E-state index is 6.03. The molecule has 0 aromatic heterocycles. The van der Waals surface area contributed by atoms with Crippen LogP contribution in [-0.2, 0) is 0 Å². The van der Waals surface area contributed by atoms with E-state index < -0.39 is 0 Å². The highest BCUT2D eigenvalue weighted by Gasteiger charge is 2.18. The summed E-state index contributed by atoms with van der Waals surface area (Å²) in [5, 5.41) is 0. The molecule has 2 heteroatoms. The molecule has 0 amide bonds. The second-order valence-electron chi connectivity index (χ2n) is 4.68. The maximum Gasteiger partial charge on any atom is 0.142 e. The zero-order valence-electron chi connectivity index (χ0n) is 11.1. The summed E-state index contributed by atoms with van der Waals surface area (Å²) < 4.78 is 11.4. The molecule has 0 spiro atoms. The largest absolute Gasteiger partial charge is 0.496 e. The summed E-state index contributed by atoms with van der Waals surface area (Å²) in [7, 11) is 1.68. The van der Waals surface area contributed by atoms with Crippen LogP contribution in [0.4, 0.5) is 0 Å². The minimum absolute atomic E-state index is 0.0276. The van der Waals surface area contributed by atoms with Crippen molar-refractivity contribution in [2.45, 2.75) is 13.0 Å². The van der Waals surface area contributed by atoms with Gasteiger partial charge in [-0.1, -0.05) is 35.9 Å². The first-order valence-corrected chi connectivity index (χ1v) is 6.36. The summed E-state index contributed by atoms with van der Waals surface area (Å²) in [6, 6.07) is 14.3. The predicted molar refractivity (Wildman–Crippen MR) is 76.6 cm³/mol. The molecule has 2 aromatic carbocycles. The van der Waals surface area contributed by atoms with Gasteiger partial charge in [-0.25, -0.2) is 0 Å². The Morgan fingerprint density at radius 1 is 1.05 bits per heavy atom. The lowest BCUT2D eigenvalue weighted by Crippen LogP contribution is -2.09. The molecule has 0 N–H and O–H groups in total. The van der Waals surface area contributed by atoms with Crippen molar-refractivity contribution < 1.29 is 9.47 Å². The van der Waals surface area contributed by atoms with Gasteiger partial charge >= 0.3 is 0 Å². The lowest BCUT2D eigenvalue weighted by atomic mass is 10.0. The molecule has 0 saturated heterocycles. The first kappa shape index (κ1) is 11.8. The Morgan fingerprint density at radius 2 is 1.84 bits per heavy atom. The van der Waals surface area contributed by atoms with Crippen LogP contribution in [-0.4, -0.2) is 7.11 Å². The van der Waals surface area contributed by atoms with Gasteiger partial charge in [-0.2, -0.15) is 0 Å². The number of rotatable bonds is 2. The van der Waals surface area contributed by atoms with Gasteiger partial charge in [0.25, 0.3) is 0 Å². The van der Waals surface area contributed by atoms with Crippen molar-refractivity contribution >= 4 is 6.08 Å². The highest BCUT2D eigenvalue weighted by atomic mass is 16.5. The summed E-state index contributed by atoms with van der Waals surface area (Å²) in [5.74, 6) is 1.71. The van der Waals surface area contributed by atoms with Crippen LogP contribution in [0.25, 0.3) is 6.08 Å². The van der Waals surface area contributed by atoms with Gasteiger partial charge in [-0.05, 0) is 36.8 Å². The van der Waals surface area contributed by atoms with Gasteiger partial charge < -0.3 is 9.47 Å². The molecule has 1 aliphatic rings. The Labute approximate surface area is 113 Å². The second-order valence-corrected chi connectivity index (χ2v) is 4.68. The number of hydrogen-bond acceptors (Lipinski definition) is 2. The quantitative estimate of drug-likeness (QED) is 0.799. The third kappa shape index (κ3) is 2.22. The average molecular weight is 252 g/mol. The molecule has 96 valence electrons. The van der Waals surface area contributed by atoms with Gasteiger partial charge in [-0.15, -0.1) is 0 Å². The van der Waals surface area contributed by atoms with Crippen molar-refractivity contribution in [3.63, 3.8) is 0 Å². The third-order valence-corrected chi connectivity index (χ3v) is 3.34. The highest BCUT2D eigenvalue weighted by molar-refractivity contribution is 5.66. The molecule has 19 heavy (non-hydrogen) atoms. The molecule has 2 nitrogen and oxygen atoms in total. The monoisotopic (exact) mass is 252 g/mol. The van der Waals surface area contributed by atoms with E-state index in [0.717, 1.165) is 22.6 Å². The van der Waals surface area contributed by atoms with Crippen molar-refractivity contribution in [1.82, 2.24) is 0 Å². The van der Waals surface area contributed by atoms with E-state index in [0.29, 0.717) is 0 Å². The zero-order valence-corrected chi connectivity index (χ0v) is 11.1. The number of methoxy groups -OCH3 is 1. The molecule has 0 fully saturated rings. The molecule has 0 radical (unpaired) electrons. The van der Waals surface area contributed by atoms with Crippen LogP contribution in [0.2, 0.25) is 0 Å². The first-order chi connectivity index (χ1) is 9.28. The molecule has 2 aromatic rings. The van der Waals surface area contributed by atoms with Crippen molar-refractivity contribution in [2.75, 3.05) is 7.11 Å². The van der Waals surface area contributed by atoms with E-state index in [4.69, 9.17) is 9.47 Å². The second kappa shape index (κ2) is 4.81. The fourth-order valence-electron chi connectivity index (χ4n) is 2.26. The van der Waals surface area contributed by atoms with Gasteiger partial charge in [0.2, 0.25) is 0 Å². The molecule has 3 rings (SSSR count). The Morgan fingerprint density at radius 3 is 2.58 bits per heavy atom. The maximum absolute atomic E-state index is 6.03. The predicted octanol–water partition coefficient (Wildman–Crippen LogP) is 4.15. The Kier molecular flexibility index (Phi) is 3.00. The highest BCUT2D eigenvalue weighted by Crippen LogP contribution is 2.37. The van der Waals surface area contributed by atoms with Gasteiger partial charge in [0, 0.05) is 0 Å². The van der Waals surface area contributed by atoms with E-state index in [2.05, 4.69) is 43.3 Å². The Balaban J connectivity index is 1.93. The van der Waals surface area contributed by atoms with E-state index >= 15 is 0 Å². The first-order valence-electron chi connectivity index (χ1n) is 6.36. The summed E-state index contributed by atoms with van der Waals surface area (Å²) >= 11 is 0. The van der Waals surface area contributed by atoms with E-state index in [1.54, 1.807) is 7.11 Å². The molecule has 0 aliphatic carbocycles. The summed E-state index contributed by atoms with van der Waals surface area (Å²) in [6.45, 7) is 2.08. The topological polar surface area (TPSA) is 18.5 Å². The van der Waals surface area contributed by atoms with Gasteiger partial charge in [0.05, 0.1) is 12.7 Å². The van der Waals surface area contributed by atoms with Crippen LogP contribution in [0.5, 0.6) is 11.5 Å². The normalized spacial score (nSPS) is 16.6. The van der Waals surface area contributed by atoms with Crippen molar-refractivity contribution in [3.05, 3.63) is 65.2 Å². The number of hydrogen-bond donors (Lipinski definition) is 0. The number of ether oxygens (including phenoxy) is 2. The van der Waals surface area contributed by atoms with Crippen molar-refractivity contribution in [3.8, 4) is 11.5 Å². The molecule has 1 atom stereocenters. The van der Waals surface area contributed by atoms with E-state index in [-0.39, 0.29) is 6.10 Å². The number of aryl methyl sites for hydroxylation is 1. The van der Waals surface area contributed by atoms with Crippen LogP contribution in [0, 0.1) is 6.92 Å². The molecule has 0 bridgehead atoms. The smallest absolute Gasteiger partial charge is 0.142 e. The van der Waals surface area contributed by atoms with Gasteiger partial charge in [-0.3, -0.25) is 0 Å². The number of benzene rings is 2. The van der Waals surface area contributed by atoms with Crippen LogP contribution in [0.15, 0.2) is 48.5 Å². The lowest BCUT2D eigenvalue weighted by Gasteiger charge is -2.23. The fraction of sp³-hybridized carbons (Fsp3) is 0.176. The van der Waals surface area contributed by atoms with E-state index in [1.165, 1.54) is 5.56 Å². The standard InChI is InChI=1S/C17H16O2/c1-12-6-8-13(9-7-12)15-11-10-14-16(18-2)4-3-5-17(14)19-15/h3-11,15H,1-2H3. The zero-order chi connectivity index (χ0) is 13.2. The SMILES string of the molecule is COc1cccc2c1C=CC(c1ccc(C)cc1)O2. The molecule has 1 unspecified atom stereocenters. The molecular formula is C17H16O2. The number of fused-ring (bicyclic) bond motifs is 1. The van der Waals surface area contributed by atoms with E-state index in [9.17, 15) is 0 Å². The molecular weight excluding hydrogens is 236 g/mol. The van der Waals surface area contributed by atoms with Gasteiger partial charge in [0.15, 0.2) is 0 Å². The molecule has 0 saturated carbocycles. The average Bonchev–Trinajstić information content (AvgIpc) is 2.47. The molecule has 1 aliphatic heterocycles. The fourth-order valence-corrected chi connectivity index (χ4v) is 2.26. The Bertz CT molecular complexity index is 612. The van der Waals surface area contributed by atoms with Crippen LogP contribution < -0.4 is 9.47 Å². The summed E-state index contributed by atoms with van der Waals surface area (Å²) in [4.78, 5) is 0. The van der Waals surface area contributed by atoms with Gasteiger partial charge in [0.1, 0.15) is 17.6 Å². The van der Waals surface area contributed by atoms with Crippen LogP contribution in [0.1, 0.15) is 22.8 Å². The summed E-state index contributed by atoms with van der Waals surface area (Å²) in [5.41, 5.74) is 3.43. The van der Waals surface area contributed by atoms with E-state index in [1.807, 2.05) is 18.2 Å². The molecule has 1 heterocycles. The minimum Gasteiger partial charge on any atom is -0.496 e. The van der Waals surface area contributed by atoms with Crippen molar-refractivity contribution in [1.29, 1.82) is 0 Å². The van der Waals surface area contributed by atoms with Crippen LogP contribution in [0.3, 0.4) is 0 Å².